The van der Waals surface area contributed by atoms with E-state index in [9.17, 15) is 14.4 Å². The molecular weight excluding hydrogens is 374 g/mol. The summed E-state index contributed by atoms with van der Waals surface area (Å²) < 4.78 is 5.59. The lowest BCUT2D eigenvalue weighted by Crippen LogP contribution is -2.49. The number of carbonyl (C=O) groups is 3. The maximum atomic E-state index is 13.1. The van der Waals surface area contributed by atoms with E-state index in [1.165, 1.54) is 11.8 Å². The van der Waals surface area contributed by atoms with Crippen LogP contribution >= 0.6 is 11.8 Å². The second kappa shape index (κ2) is 7.09. The number of fused-ring (bicyclic) bond motifs is 3. The Morgan fingerprint density at radius 3 is 2.61 bits per heavy atom. The number of para-hydroxylation sites is 1. The zero-order valence-electron chi connectivity index (χ0n) is 15.8. The number of ketones is 1. The van der Waals surface area contributed by atoms with Crippen LogP contribution in [0.2, 0.25) is 0 Å². The number of anilines is 1. The number of aryl methyl sites for hydroxylation is 1. The van der Waals surface area contributed by atoms with Crippen LogP contribution in [0.15, 0.2) is 53.4 Å². The molecule has 0 aromatic heterocycles. The first-order valence-electron chi connectivity index (χ1n) is 9.41. The lowest BCUT2D eigenvalue weighted by Gasteiger charge is -2.29. The van der Waals surface area contributed by atoms with E-state index in [-0.39, 0.29) is 18.1 Å². The molecule has 1 saturated heterocycles. The first-order chi connectivity index (χ1) is 13.5. The Morgan fingerprint density at radius 1 is 1.18 bits per heavy atom. The number of amides is 1. The maximum Gasteiger partial charge on any atom is 0.344 e. The van der Waals surface area contributed by atoms with Crippen molar-refractivity contribution in [1.29, 1.82) is 0 Å². The SMILES string of the molecule is CCc1ccc(C(=O)[C@@H](C)OC(=O)[C@@]23CCC(=O)N2c2ccccc2S3)cc1. The van der Waals surface area contributed by atoms with Crippen LogP contribution in [0.5, 0.6) is 0 Å². The topological polar surface area (TPSA) is 63.7 Å². The third-order valence-corrected chi connectivity index (χ3v) is 6.75. The van der Waals surface area contributed by atoms with Crippen LogP contribution in [0.3, 0.4) is 0 Å². The van der Waals surface area contributed by atoms with Crippen LogP contribution in [0, 0.1) is 0 Å². The number of rotatable bonds is 5. The molecule has 4 rings (SSSR count). The minimum Gasteiger partial charge on any atom is -0.452 e. The lowest BCUT2D eigenvalue weighted by atomic mass is 10.0. The van der Waals surface area contributed by atoms with Gasteiger partial charge in [-0.05, 0) is 31.0 Å². The van der Waals surface area contributed by atoms with Gasteiger partial charge in [-0.3, -0.25) is 14.5 Å². The van der Waals surface area contributed by atoms with Gasteiger partial charge in [-0.15, -0.1) is 0 Å². The maximum absolute atomic E-state index is 13.1. The number of hydrogen-bond donors (Lipinski definition) is 0. The third-order valence-electron chi connectivity index (χ3n) is 5.29. The number of carbonyl (C=O) groups excluding carboxylic acids is 3. The number of hydrogen-bond acceptors (Lipinski definition) is 5. The van der Waals surface area contributed by atoms with E-state index in [0.717, 1.165) is 22.6 Å². The van der Waals surface area contributed by atoms with Gasteiger partial charge in [0.1, 0.15) is 0 Å². The second-order valence-corrected chi connectivity index (χ2v) is 8.36. The summed E-state index contributed by atoms with van der Waals surface area (Å²) in [4.78, 5) is 39.6. The molecule has 2 heterocycles. The third kappa shape index (κ3) is 2.92. The fourth-order valence-corrected chi connectivity index (χ4v) is 5.12. The molecule has 0 radical (unpaired) electrons. The Morgan fingerprint density at radius 2 is 1.89 bits per heavy atom. The summed E-state index contributed by atoms with van der Waals surface area (Å²) in [6, 6.07) is 14.8. The van der Waals surface area contributed by atoms with Crippen LogP contribution in [0.25, 0.3) is 0 Å². The Kier molecular flexibility index (Phi) is 4.75. The standard InChI is InChI=1S/C22H21NO4S/c1-3-15-8-10-16(11-9-15)20(25)14(2)27-21(26)22-13-12-19(24)23(22)17-6-4-5-7-18(17)28-22/h4-11,14H,3,12-13H2,1-2H3/t14-,22+/m1/s1. The Labute approximate surface area is 168 Å². The van der Waals surface area contributed by atoms with Crippen molar-refractivity contribution in [1.82, 2.24) is 0 Å². The molecule has 5 nitrogen and oxygen atoms in total. The van der Waals surface area contributed by atoms with Crippen molar-refractivity contribution in [2.24, 2.45) is 0 Å². The zero-order valence-corrected chi connectivity index (χ0v) is 16.6. The monoisotopic (exact) mass is 395 g/mol. The van der Waals surface area contributed by atoms with Crippen LogP contribution in [-0.4, -0.2) is 28.6 Å². The summed E-state index contributed by atoms with van der Waals surface area (Å²) in [5.41, 5.74) is 2.39. The zero-order chi connectivity index (χ0) is 19.9. The quantitative estimate of drug-likeness (QED) is 0.566. The number of ether oxygens (including phenoxy) is 1. The average molecular weight is 395 g/mol. The van der Waals surface area contributed by atoms with Gasteiger partial charge in [-0.2, -0.15) is 0 Å². The molecule has 0 spiro atoms. The smallest absolute Gasteiger partial charge is 0.344 e. The average Bonchev–Trinajstić information content (AvgIpc) is 3.23. The number of thioether (sulfide) groups is 1. The van der Waals surface area contributed by atoms with Crippen molar-refractivity contribution in [2.75, 3.05) is 4.90 Å². The van der Waals surface area contributed by atoms with Gasteiger partial charge in [0.15, 0.2) is 11.0 Å². The molecule has 2 aliphatic rings. The molecule has 2 aliphatic heterocycles. The lowest BCUT2D eigenvalue weighted by molar-refractivity contribution is -0.149. The van der Waals surface area contributed by atoms with E-state index in [1.54, 1.807) is 24.0 Å². The van der Waals surface area contributed by atoms with E-state index in [1.807, 2.05) is 43.3 Å². The van der Waals surface area contributed by atoms with Gasteiger partial charge in [-0.1, -0.05) is 55.1 Å². The number of benzene rings is 2. The Balaban J connectivity index is 1.54. The molecule has 0 bridgehead atoms. The van der Waals surface area contributed by atoms with Gasteiger partial charge in [0, 0.05) is 23.3 Å². The first-order valence-corrected chi connectivity index (χ1v) is 10.2. The normalized spacial score (nSPS) is 21.2. The minimum atomic E-state index is -1.11. The molecule has 2 aromatic carbocycles. The number of Topliss-reactive ketones (excluding diaryl/α,β-unsaturated/α-hetero) is 1. The summed E-state index contributed by atoms with van der Waals surface area (Å²) >= 11 is 1.34. The van der Waals surface area contributed by atoms with E-state index in [4.69, 9.17) is 4.74 Å². The van der Waals surface area contributed by atoms with Gasteiger partial charge < -0.3 is 4.74 Å². The molecule has 0 saturated carbocycles. The molecule has 1 fully saturated rings. The van der Waals surface area contributed by atoms with Crippen molar-refractivity contribution < 1.29 is 19.1 Å². The van der Waals surface area contributed by atoms with Crippen LogP contribution in [-0.2, 0) is 20.7 Å². The Bertz CT molecular complexity index is 955. The summed E-state index contributed by atoms with van der Waals surface area (Å²) in [7, 11) is 0. The number of nitrogens with zero attached hydrogens (tertiary/aromatic N) is 1. The van der Waals surface area contributed by atoms with Gasteiger partial charge in [0.2, 0.25) is 11.7 Å². The summed E-state index contributed by atoms with van der Waals surface area (Å²) in [6.07, 6.45) is 0.632. The van der Waals surface area contributed by atoms with Crippen LogP contribution < -0.4 is 4.90 Å². The van der Waals surface area contributed by atoms with Crippen molar-refractivity contribution in [3.8, 4) is 0 Å². The highest BCUT2D eigenvalue weighted by atomic mass is 32.2. The first kappa shape index (κ1) is 18.7. The molecule has 0 N–H and O–H groups in total. The van der Waals surface area contributed by atoms with E-state index in [0.29, 0.717) is 12.0 Å². The molecule has 0 unspecified atom stereocenters. The predicted octanol–water partition coefficient (Wildman–Crippen LogP) is 3.99. The predicted molar refractivity (Wildman–Crippen MR) is 107 cm³/mol. The fraction of sp³-hybridized carbons (Fsp3) is 0.318. The van der Waals surface area contributed by atoms with Crippen molar-refractivity contribution in [3.63, 3.8) is 0 Å². The molecule has 0 aliphatic carbocycles. The fourth-order valence-electron chi connectivity index (χ4n) is 3.72. The minimum absolute atomic E-state index is 0.0940. The van der Waals surface area contributed by atoms with E-state index >= 15 is 0 Å². The summed E-state index contributed by atoms with van der Waals surface area (Å²) in [5, 5.41) is 0. The Hall–Kier alpha value is -2.60. The van der Waals surface area contributed by atoms with Crippen molar-refractivity contribution in [3.05, 3.63) is 59.7 Å². The number of esters is 1. The van der Waals surface area contributed by atoms with Crippen molar-refractivity contribution >= 4 is 35.1 Å². The molecule has 28 heavy (non-hydrogen) atoms. The van der Waals surface area contributed by atoms with Crippen LogP contribution in [0.4, 0.5) is 5.69 Å². The van der Waals surface area contributed by atoms with Gasteiger partial charge in [0.05, 0.1) is 5.69 Å². The molecule has 2 atom stereocenters. The van der Waals surface area contributed by atoms with Gasteiger partial charge in [-0.25, -0.2) is 4.79 Å². The van der Waals surface area contributed by atoms with E-state index in [2.05, 4.69) is 0 Å². The largest absolute Gasteiger partial charge is 0.452 e. The summed E-state index contributed by atoms with van der Waals surface area (Å²) in [5.74, 6) is -0.877. The van der Waals surface area contributed by atoms with Crippen LogP contribution in [0.1, 0.15) is 42.6 Å². The van der Waals surface area contributed by atoms with Crippen molar-refractivity contribution in [2.45, 2.75) is 49.0 Å². The van der Waals surface area contributed by atoms with E-state index < -0.39 is 16.9 Å². The van der Waals surface area contributed by atoms with Gasteiger partial charge >= 0.3 is 5.97 Å². The molecule has 2 aromatic rings. The molecule has 144 valence electrons. The molecule has 6 heteroatoms. The summed E-state index contributed by atoms with van der Waals surface area (Å²) in [6.45, 7) is 3.63. The molecular formula is C22H21NO4S. The highest BCUT2D eigenvalue weighted by Crippen LogP contribution is 2.56. The highest BCUT2D eigenvalue weighted by Gasteiger charge is 2.58. The van der Waals surface area contributed by atoms with Gasteiger partial charge in [0.25, 0.3) is 0 Å². The second-order valence-electron chi connectivity index (χ2n) is 7.05. The highest BCUT2D eigenvalue weighted by molar-refractivity contribution is 8.02. The molecule has 1 amide bonds.